The van der Waals surface area contributed by atoms with Gasteiger partial charge in [-0.3, -0.25) is 19.7 Å². The van der Waals surface area contributed by atoms with Gasteiger partial charge < -0.3 is 15.5 Å². The minimum Gasteiger partial charge on any atom is -0.356 e. The van der Waals surface area contributed by atoms with Crippen molar-refractivity contribution in [3.05, 3.63) is 0 Å². The molecule has 0 aromatic heterocycles. The standard InChI is InChI=1S/C13H22N4O3/c1-2-14-12(19)9-3-5-17(6-4-9)13(20)10-7-16-11(18)8-15-10/h9-10,15H,2-8H2,1H3,(H,14,19)(H,16,18). The summed E-state index contributed by atoms with van der Waals surface area (Å²) >= 11 is 0. The molecule has 0 radical (unpaired) electrons. The van der Waals surface area contributed by atoms with E-state index in [4.69, 9.17) is 0 Å². The zero-order chi connectivity index (χ0) is 14.5. The third-order valence-electron chi connectivity index (χ3n) is 3.84. The summed E-state index contributed by atoms with van der Waals surface area (Å²) in [4.78, 5) is 36.8. The number of piperidine rings is 1. The summed E-state index contributed by atoms with van der Waals surface area (Å²) in [6, 6.07) is -0.339. The van der Waals surface area contributed by atoms with Crippen molar-refractivity contribution in [2.75, 3.05) is 32.7 Å². The van der Waals surface area contributed by atoms with Gasteiger partial charge in [-0.15, -0.1) is 0 Å². The zero-order valence-corrected chi connectivity index (χ0v) is 11.8. The summed E-state index contributed by atoms with van der Waals surface area (Å²) in [7, 11) is 0. The Morgan fingerprint density at radius 1 is 1.35 bits per heavy atom. The molecule has 0 aliphatic carbocycles. The molecular weight excluding hydrogens is 260 g/mol. The Morgan fingerprint density at radius 2 is 2.05 bits per heavy atom. The van der Waals surface area contributed by atoms with Crippen LogP contribution in [0.1, 0.15) is 19.8 Å². The maximum absolute atomic E-state index is 12.3. The number of carbonyl (C=O) groups excluding carboxylic acids is 3. The van der Waals surface area contributed by atoms with Gasteiger partial charge in [0.05, 0.1) is 6.54 Å². The molecule has 1 unspecified atom stereocenters. The van der Waals surface area contributed by atoms with Crippen molar-refractivity contribution >= 4 is 17.7 Å². The van der Waals surface area contributed by atoms with E-state index < -0.39 is 0 Å². The van der Waals surface area contributed by atoms with E-state index in [-0.39, 0.29) is 36.2 Å². The van der Waals surface area contributed by atoms with Crippen molar-refractivity contribution in [1.29, 1.82) is 0 Å². The molecule has 0 aromatic carbocycles. The lowest BCUT2D eigenvalue weighted by Crippen LogP contribution is -2.59. The number of hydrogen-bond acceptors (Lipinski definition) is 4. The maximum atomic E-state index is 12.3. The summed E-state index contributed by atoms with van der Waals surface area (Å²) in [6.45, 7) is 4.28. The third-order valence-corrected chi connectivity index (χ3v) is 3.84. The average molecular weight is 282 g/mol. The quantitative estimate of drug-likeness (QED) is 0.584. The summed E-state index contributed by atoms with van der Waals surface area (Å²) in [5.41, 5.74) is 0. The first-order chi connectivity index (χ1) is 9.61. The molecule has 0 saturated carbocycles. The fourth-order valence-electron chi connectivity index (χ4n) is 2.64. The van der Waals surface area contributed by atoms with Crippen molar-refractivity contribution in [3.63, 3.8) is 0 Å². The van der Waals surface area contributed by atoms with Gasteiger partial charge in [-0.2, -0.15) is 0 Å². The molecule has 2 aliphatic rings. The lowest BCUT2D eigenvalue weighted by atomic mass is 9.95. The number of nitrogens with zero attached hydrogens (tertiary/aromatic N) is 1. The molecule has 2 rings (SSSR count). The van der Waals surface area contributed by atoms with Gasteiger partial charge in [0.15, 0.2) is 0 Å². The van der Waals surface area contributed by atoms with E-state index in [2.05, 4.69) is 16.0 Å². The van der Waals surface area contributed by atoms with Crippen LogP contribution in [0.5, 0.6) is 0 Å². The van der Waals surface area contributed by atoms with E-state index in [0.29, 0.717) is 39.0 Å². The second-order valence-corrected chi connectivity index (χ2v) is 5.23. The maximum Gasteiger partial charge on any atom is 0.241 e. The summed E-state index contributed by atoms with van der Waals surface area (Å²) < 4.78 is 0. The molecule has 2 heterocycles. The lowest BCUT2D eigenvalue weighted by Gasteiger charge is -2.35. The first-order valence-corrected chi connectivity index (χ1v) is 7.18. The van der Waals surface area contributed by atoms with E-state index in [0.717, 1.165) is 0 Å². The van der Waals surface area contributed by atoms with Crippen LogP contribution in [-0.2, 0) is 14.4 Å². The van der Waals surface area contributed by atoms with Gasteiger partial charge in [0.2, 0.25) is 17.7 Å². The van der Waals surface area contributed by atoms with Crippen LogP contribution in [0.3, 0.4) is 0 Å². The van der Waals surface area contributed by atoms with Crippen molar-refractivity contribution in [2.45, 2.75) is 25.8 Å². The van der Waals surface area contributed by atoms with Crippen molar-refractivity contribution in [1.82, 2.24) is 20.9 Å². The minimum atomic E-state index is -0.339. The topological polar surface area (TPSA) is 90.5 Å². The molecule has 3 N–H and O–H groups in total. The van der Waals surface area contributed by atoms with Crippen molar-refractivity contribution in [3.8, 4) is 0 Å². The smallest absolute Gasteiger partial charge is 0.241 e. The average Bonchev–Trinajstić information content (AvgIpc) is 2.48. The number of hydrogen-bond donors (Lipinski definition) is 3. The minimum absolute atomic E-state index is 0.0121. The summed E-state index contributed by atoms with van der Waals surface area (Å²) in [5.74, 6) is 0.0315. The molecule has 20 heavy (non-hydrogen) atoms. The molecule has 3 amide bonds. The van der Waals surface area contributed by atoms with E-state index in [1.807, 2.05) is 6.92 Å². The van der Waals surface area contributed by atoms with Crippen molar-refractivity contribution < 1.29 is 14.4 Å². The molecular formula is C13H22N4O3. The molecule has 112 valence electrons. The Balaban J connectivity index is 1.80. The van der Waals surface area contributed by atoms with Crippen LogP contribution in [-0.4, -0.2) is 61.4 Å². The molecule has 7 heteroatoms. The molecule has 0 bridgehead atoms. The van der Waals surface area contributed by atoms with Crippen molar-refractivity contribution in [2.24, 2.45) is 5.92 Å². The highest BCUT2D eigenvalue weighted by atomic mass is 16.2. The largest absolute Gasteiger partial charge is 0.356 e. The number of piperazine rings is 1. The molecule has 2 aliphatic heterocycles. The summed E-state index contributed by atoms with van der Waals surface area (Å²) in [6.07, 6.45) is 1.41. The Kier molecular flexibility index (Phi) is 4.94. The van der Waals surface area contributed by atoms with Crippen LogP contribution in [0.25, 0.3) is 0 Å². The molecule has 1 atom stereocenters. The number of nitrogens with one attached hydrogen (secondary N) is 3. The van der Waals surface area contributed by atoms with E-state index in [1.165, 1.54) is 0 Å². The SMILES string of the molecule is CCNC(=O)C1CCN(C(=O)C2CNC(=O)CN2)CC1. The lowest BCUT2D eigenvalue weighted by molar-refractivity contribution is -0.138. The first kappa shape index (κ1) is 14.8. The second-order valence-electron chi connectivity index (χ2n) is 5.23. The van der Waals surface area contributed by atoms with Gasteiger partial charge in [-0.1, -0.05) is 0 Å². The Labute approximate surface area is 118 Å². The van der Waals surface area contributed by atoms with Crippen LogP contribution in [0.4, 0.5) is 0 Å². The second kappa shape index (κ2) is 6.69. The predicted octanol–water partition coefficient (Wildman–Crippen LogP) is -1.55. The van der Waals surface area contributed by atoms with Gasteiger partial charge in [-0.05, 0) is 19.8 Å². The fraction of sp³-hybridized carbons (Fsp3) is 0.769. The van der Waals surface area contributed by atoms with E-state index in [9.17, 15) is 14.4 Å². The number of carbonyl (C=O) groups is 3. The third kappa shape index (κ3) is 3.47. The molecule has 7 nitrogen and oxygen atoms in total. The molecule has 0 spiro atoms. The Morgan fingerprint density at radius 3 is 2.60 bits per heavy atom. The number of rotatable bonds is 3. The van der Waals surface area contributed by atoms with Crippen LogP contribution in [0, 0.1) is 5.92 Å². The van der Waals surface area contributed by atoms with Crippen LogP contribution in [0.15, 0.2) is 0 Å². The Hall–Kier alpha value is -1.63. The number of likely N-dealkylation sites (tertiary alicyclic amines) is 1. The van der Waals surface area contributed by atoms with Gasteiger partial charge in [0.25, 0.3) is 0 Å². The van der Waals surface area contributed by atoms with Gasteiger partial charge in [-0.25, -0.2) is 0 Å². The van der Waals surface area contributed by atoms with Crippen LogP contribution < -0.4 is 16.0 Å². The van der Waals surface area contributed by atoms with Gasteiger partial charge in [0, 0.05) is 32.1 Å². The first-order valence-electron chi connectivity index (χ1n) is 7.18. The summed E-state index contributed by atoms with van der Waals surface area (Å²) in [5, 5.41) is 8.45. The predicted molar refractivity (Wildman–Crippen MR) is 72.8 cm³/mol. The highest BCUT2D eigenvalue weighted by molar-refractivity contribution is 5.87. The monoisotopic (exact) mass is 282 g/mol. The van der Waals surface area contributed by atoms with E-state index >= 15 is 0 Å². The normalized spacial score (nSPS) is 24.1. The molecule has 0 aromatic rings. The zero-order valence-electron chi connectivity index (χ0n) is 11.8. The molecule has 2 fully saturated rings. The van der Waals surface area contributed by atoms with Crippen LogP contribution in [0.2, 0.25) is 0 Å². The van der Waals surface area contributed by atoms with Crippen LogP contribution >= 0.6 is 0 Å². The molecule has 2 saturated heterocycles. The Bertz CT molecular complexity index is 381. The van der Waals surface area contributed by atoms with Gasteiger partial charge in [0.1, 0.15) is 6.04 Å². The highest BCUT2D eigenvalue weighted by Crippen LogP contribution is 2.18. The number of amides is 3. The van der Waals surface area contributed by atoms with E-state index in [1.54, 1.807) is 4.90 Å². The highest BCUT2D eigenvalue weighted by Gasteiger charge is 2.32. The van der Waals surface area contributed by atoms with Gasteiger partial charge >= 0.3 is 0 Å². The fourth-order valence-corrected chi connectivity index (χ4v) is 2.64.